The molecule has 5 heteroatoms. The van der Waals surface area contributed by atoms with Gasteiger partial charge in [-0.25, -0.2) is 4.98 Å². The molecule has 0 spiro atoms. The van der Waals surface area contributed by atoms with E-state index in [1.54, 1.807) is 6.20 Å². The Balaban J connectivity index is 1.60. The van der Waals surface area contributed by atoms with E-state index in [4.69, 9.17) is 0 Å². The minimum absolute atomic E-state index is 0.0795. The second-order valence-corrected chi connectivity index (χ2v) is 6.31. The zero-order chi connectivity index (χ0) is 15.8. The van der Waals surface area contributed by atoms with E-state index in [9.17, 15) is 4.79 Å². The summed E-state index contributed by atoms with van der Waals surface area (Å²) in [7, 11) is 0. The number of likely N-dealkylation sites (tertiary alicyclic amines) is 1. The summed E-state index contributed by atoms with van der Waals surface area (Å²) in [4.78, 5) is 18.9. The summed E-state index contributed by atoms with van der Waals surface area (Å²) in [6, 6.07) is -0.187. The maximum absolute atomic E-state index is 12.1. The monoisotopic (exact) mass is 306 g/mol. The molecular weight excluding hydrogens is 276 g/mol. The first-order chi connectivity index (χ1) is 10.7. The Morgan fingerprint density at radius 3 is 2.64 bits per heavy atom. The highest BCUT2D eigenvalue weighted by Crippen LogP contribution is 2.10. The number of hydrogen-bond donors (Lipinski definition) is 1. The molecule has 0 bridgehead atoms. The molecule has 5 nitrogen and oxygen atoms in total. The van der Waals surface area contributed by atoms with Gasteiger partial charge in [-0.05, 0) is 59.2 Å². The van der Waals surface area contributed by atoms with Gasteiger partial charge in [0.25, 0.3) is 0 Å². The van der Waals surface area contributed by atoms with Crippen molar-refractivity contribution in [2.24, 2.45) is 0 Å². The molecule has 1 amide bonds. The molecule has 1 unspecified atom stereocenters. The number of rotatable bonds is 7. The van der Waals surface area contributed by atoms with Crippen LogP contribution in [0.25, 0.3) is 0 Å². The Labute approximate surface area is 134 Å². The molecule has 0 aliphatic carbocycles. The maximum Gasteiger partial charge on any atom is 0.242 e. The molecule has 1 aromatic heterocycles. The second-order valence-electron chi connectivity index (χ2n) is 6.31. The molecule has 1 fully saturated rings. The number of aryl methyl sites for hydroxylation is 1. The average molecular weight is 306 g/mol. The predicted octanol–water partition coefficient (Wildman–Crippen LogP) is 2.52. The lowest BCUT2D eigenvalue weighted by Crippen LogP contribution is -2.32. The lowest BCUT2D eigenvalue weighted by molar-refractivity contribution is -0.123. The molecule has 1 atom stereocenters. The topological polar surface area (TPSA) is 50.2 Å². The molecule has 1 saturated heterocycles. The Kier molecular flexibility index (Phi) is 6.90. The number of imidazole rings is 1. The van der Waals surface area contributed by atoms with Gasteiger partial charge in [-0.3, -0.25) is 4.79 Å². The van der Waals surface area contributed by atoms with Crippen molar-refractivity contribution in [3.63, 3.8) is 0 Å². The first kappa shape index (κ1) is 17.0. The molecular formula is C17H30N4O. The molecule has 124 valence electrons. The Morgan fingerprint density at radius 1 is 1.27 bits per heavy atom. The molecule has 1 aliphatic rings. The van der Waals surface area contributed by atoms with Gasteiger partial charge in [0.1, 0.15) is 11.9 Å². The molecule has 2 rings (SSSR count). The van der Waals surface area contributed by atoms with Gasteiger partial charge in [0, 0.05) is 18.9 Å². The third kappa shape index (κ3) is 5.13. The molecule has 1 aliphatic heterocycles. The van der Waals surface area contributed by atoms with Gasteiger partial charge >= 0.3 is 0 Å². The molecule has 2 heterocycles. The van der Waals surface area contributed by atoms with Crippen LogP contribution in [0, 0.1) is 6.92 Å². The van der Waals surface area contributed by atoms with E-state index in [0.717, 1.165) is 18.8 Å². The number of nitrogens with one attached hydrogen (secondary N) is 1. The Bertz CT molecular complexity index is 449. The molecule has 1 aromatic rings. The highest BCUT2D eigenvalue weighted by atomic mass is 16.2. The fraction of sp³-hybridized carbons (Fsp3) is 0.765. The smallest absolute Gasteiger partial charge is 0.242 e. The van der Waals surface area contributed by atoms with Crippen molar-refractivity contribution in [1.82, 2.24) is 19.8 Å². The van der Waals surface area contributed by atoms with Gasteiger partial charge in [-0.15, -0.1) is 0 Å². The van der Waals surface area contributed by atoms with Crippen LogP contribution in [0.2, 0.25) is 0 Å². The first-order valence-corrected chi connectivity index (χ1v) is 8.68. The molecule has 0 saturated carbocycles. The third-order valence-electron chi connectivity index (χ3n) is 4.56. The number of aromatic nitrogens is 2. The minimum atomic E-state index is -0.187. The Morgan fingerprint density at radius 2 is 2.00 bits per heavy atom. The maximum atomic E-state index is 12.1. The SMILES string of the molecule is Cc1nccn1C(C)C(=O)NCCCCN1CCCCCC1. The molecule has 0 aromatic carbocycles. The number of unbranched alkanes of at least 4 members (excludes halogenated alkanes) is 1. The number of carbonyl (C=O) groups is 1. The zero-order valence-corrected chi connectivity index (χ0v) is 14.1. The number of amides is 1. The second kappa shape index (κ2) is 8.93. The van der Waals surface area contributed by atoms with Crippen molar-refractivity contribution in [3.05, 3.63) is 18.2 Å². The van der Waals surface area contributed by atoms with Gasteiger partial charge in [-0.2, -0.15) is 0 Å². The number of nitrogens with zero attached hydrogens (tertiary/aromatic N) is 3. The van der Waals surface area contributed by atoms with Crippen LogP contribution >= 0.6 is 0 Å². The van der Waals surface area contributed by atoms with E-state index in [0.29, 0.717) is 0 Å². The number of hydrogen-bond acceptors (Lipinski definition) is 3. The van der Waals surface area contributed by atoms with Crippen molar-refractivity contribution < 1.29 is 4.79 Å². The van der Waals surface area contributed by atoms with Crippen molar-refractivity contribution in [1.29, 1.82) is 0 Å². The molecule has 1 N–H and O–H groups in total. The number of carbonyl (C=O) groups excluding carboxylic acids is 1. The molecule has 22 heavy (non-hydrogen) atoms. The first-order valence-electron chi connectivity index (χ1n) is 8.68. The average Bonchev–Trinajstić information content (AvgIpc) is 2.78. The predicted molar refractivity (Wildman–Crippen MR) is 88.8 cm³/mol. The zero-order valence-electron chi connectivity index (χ0n) is 14.1. The van der Waals surface area contributed by atoms with Crippen LogP contribution in [0.1, 0.15) is 57.3 Å². The largest absolute Gasteiger partial charge is 0.354 e. The molecule has 0 radical (unpaired) electrons. The van der Waals surface area contributed by atoms with Crippen LogP contribution in [0.5, 0.6) is 0 Å². The highest BCUT2D eigenvalue weighted by Gasteiger charge is 2.15. The van der Waals surface area contributed by atoms with Gasteiger partial charge in [0.15, 0.2) is 0 Å². The van der Waals surface area contributed by atoms with E-state index in [2.05, 4.69) is 15.2 Å². The third-order valence-corrected chi connectivity index (χ3v) is 4.56. The van der Waals surface area contributed by atoms with E-state index >= 15 is 0 Å². The van der Waals surface area contributed by atoms with Crippen molar-refractivity contribution in [2.45, 2.75) is 58.4 Å². The lowest BCUT2D eigenvalue weighted by Gasteiger charge is -2.19. The van der Waals surface area contributed by atoms with Crippen molar-refractivity contribution in [2.75, 3.05) is 26.2 Å². The minimum Gasteiger partial charge on any atom is -0.354 e. The highest BCUT2D eigenvalue weighted by molar-refractivity contribution is 5.79. The summed E-state index contributed by atoms with van der Waals surface area (Å²) >= 11 is 0. The standard InChI is InChI=1S/C17H30N4O/c1-15(21-14-10-18-16(21)2)17(22)19-9-5-8-13-20-11-6-3-4-7-12-20/h10,14-15H,3-9,11-13H2,1-2H3,(H,19,22). The quantitative estimate of drug-likeness (QED) is 0.788. The van der Waals surface area contributed by atoms with Gasteiger partial charge in [0.2, 0.25) is 5.91 Å². The normalized spacial score (nSPS) is 17.9. The Hall–Kier alpha value is -1.36. The van der Waals surface area contributed by atoms with E-state index in [-0.39, 0.29) is 11.9 Å². The van der Waals surface area contributed by atoms with Gasteiger partial charge in [-0.1, -0.05) is 12.8 Å². The van der Waals surface area contributed by atoms with Crippen molar-refractivity contribution >= 4 is 5.91 Å². The summed E-state index contributed by atoms with van der Waals surface area (Å²) < 4.78 is 1.91. The van der Waals surface area contributed by atoms with Crippen LogP contribution in [-0.2, 0) is 4.79 Å². The lowest BCUT2D eigenvalue weighted by atomic mass is 10.2. The van der Waals surface area contributed by atoms with Crippen LogP contribution in [0.3, 0.4) is 0 Å². The summed E-state index contributed by atoms with van der Waals surface area (Å²) in [6.45, 7) is 8.29. The van der Waals surface area contributed by atoms with Gasteiger partial charge in [0.05, 0.1) is 0 Å². The summed E-state index contributed by atoms with van der Waals surface area (Å²) in [6.07, 6.45) is 11.3. The van der Waals surface area contributed by atoms with Gasteiger partial charge < -0.3 is 14.8 Å². The van der Waals surface area contributed by atoms with Crippen LogP contribution in [0.15, 0.2) is 12.4 Å². The summed E-state index contributed by atoms with van der Waals surface area (Å²) in [5.74, 6) is 0.958. The summed E-state index contributed by atoms with van der Waals surface area (Å²) in [5.41, 5.74) is 0. The summed E-state index contributed by atoms with van der Waals surface area (Å²) in [5, 5.41) is 3.04. The van der Waals surface area contributed by atoms with E-state index in [1.165, 1.54) is 51.7 Å². The fourth-order valence-electron chi connectivity index (χ4n) is 3.10. The fourth-order valence-corrected chi connectivity index (χ4v) is 3.10. The van der Waals surface area contributed by atoms with E-state index in [1.807, 2.05) is 24.6 Å². The van der Waals surface area contributed by atoms with Crippen LogP contribution in [-0.4, -0.2) is 46.5 Å². The van der Waals surface area contributed by atoms with Crippen molar-refractivity contribution in [3.8, 4) is 0 Å². The van der Waals surface area contributed by atoms with E-state index < -0.39 is 0 Å². The van der Waals surface area contributed by atoms with Crippen LogP contribution in [0.4, 0.5) is 0 Å². The van der Waals surface area contributed by atoms with Crippen LogP contribution < -0.4 is 5.32 Å².